The van der Waals surface area contributed by atoms with Crippen LogP contribution in [0.5, 0.6) is 0 Å². The highest BCUT2D eigenvalue weighted by atomic mass is 35.5. The zero-order valence-electron chi connectivity index (χ0n) is 14.0. The molecule has 0 spiro atoms. The van der Waals surface area contributed by atoms with Crippen LogP contribution in [0.3, 0.4) is 0 Å². The molecule has 0 radical (unpaired) electrons. The first-order valence-corrected chi connectivity index (χ1v) is 8.07. The molecule has 7 nitrogen and oxygen atoms in total. The van der Waals surface area contributed by atoms with Gasteiger partial charge in [0.05, 0.1) is 12.2 Å². The van der Waals surface area contributed by atoms with Gasteiger partial charge in [0.2, 0.25) is 0 Å². The normalized spacial score (nSPS) is 10.4. The third-order valence-corrected chi connectivity index (χ3v) is 3.96. The summed E-state index contributed by atoms with van der Waals surface area (Å²) in [6.07, 6.45) is 3.13. The van der Waals surface area contributed by atoms with Crippen LogP contribution in [-0.2, 0) is 0 Å². The summed E-state index contributed by atoms with van der Waals surface area (Å²) in [4.78, 5) is 15.2. The maximum atomic E-state index is 14.5. The molecular weight excluding hydrogens is 376 g/mol. The van der Waals surface area contributed by atoms with Crippen LogP contribution in [-0.4, -0.2) is 21.6 Å². The number of pyridine rings is 1. The van der Waals surface area contributed by atoms with E-state index < -0.39 is 11.6 Å². The molecule has 0 aliphatic rings. The minimum Gasteiger partial charge on any atom is -0.364 e. The fourth-order valence-electron chi connectivity index (χ4n) is 2.57. The van der Waals surface area contributed by atoms with E-state index in [1.807, 2.05) is 0 Å². The molecule has 0 bridgehead atoms. The lowest BCUT2D eigenvalue weighted by atomic mass is 10.0. The number of rotatable bonds is 5. The molecule has 0 amide bonds. The summed E-state index contributed by atoms with van der Waals surface area (Å²) in [6, 6.07) is 5.31. The topological polar surface area (TPSA) is 99.5 Å². The highest BCUT2D eigenvalue weighted by Gasteiger charge is 2.21. The van der Waals surface area contributed by atoms with Gasteiger partial charge in [-0.25, -0.2) is 18.7 Å². The number of nitrogens with one attached hydrogen (secondary N) is 1. The Morgan fingerprint density at radius 2 is 1.93 bits per heavy atom. The number of halogens is 3. The average molecular weight is 388 g/mol. The minimum atomic E-state index is -0.804. The zero-order chi connectivity index (χ0) is 19.4. The molecule has 10 heteroatoms. The van der Waals surface area contributed by atoms with Gasteiger partial charge in [0.15, 0.2) is 5.82 Å². The van der Waals surface area contributed by atoms with Crippen molar-refractivity contribution in [2.24, 2.45) is 5.11 Å². The van der Waals surface area contributed by atoms with Crippen LogP contribution in [0.1, 0.15) is 5.56 Å². The monoisotopic (exact) mass is 387 g/mol. The predicted octanol–water partition coefficient (Wildman–Crippen LogP) is 5.13. The summed E-state index contributed by atoms with van der Waals surface area (Å²) in [5.41, 5.74) is 9.66. The maximum absolute atomic E-state index is 14.5. The lowest BCUT2D eigenvalue weighted by Gasteiger charge is -2.15. The molecule has 0 atom stereocenters. The molecule has 2 aromatic heterocycles. The predicted molar refractivity (Wildman–Crippen MR) is 98.0 cm³/mol. The molecule has 3 aromatic rings. The number of hydrogen-bond acceptors (Lipinski definition) is 5. The van der Waals surface area contributed by atoms with Gasteiger partial charge in [0.25, 0.3) is 0 Å². The molecule has 0 saturated carbocycles. The van der Waals surface area contributed by atoms with Crippen molar-refractivity contribution in [3.63, 3.8) is 0 Å². The van der Waals surface area contributed by atoms with Crippen molar-refractivity contribution in [1.82, 2.24) is 15.0 Å². The number of nitrogens with zero attached hydrogens (tertiary/aromatic N) is 6. The Morgan fingerprint density at radius 1 is 1.19 bits per heavy atom. The Labute approximate surface area is 157 Å². The molecule has 0 aliphatic heterocycles. The molecular formula is C17H12ClF2N7. The van der Waals surface area contributed by atoms with Crippen LogP contribution in [0, 0.1) is 18.6 Å². The maximum Gasteiger partial charge on any atom is 0.163 e. The van der Waals surface area contributed by atoms with E-state index >= 15 is 0 Å². The molecule has 3 rings (SSSR count). The van der Waals surface area contributed by atoms with Crippen molar-refractivity contribution < 1.29 is 8.78 Å². The number of azide groups is 1. The third-order valence-electron chi connectivity index (χ3n) is 3.69. The molecule has 1 N–H and O–H groups in total. The van der Waals surface area contributed by atoms with Crippen molar-refractivity contribution >= 4 is 17.4 Å². The van der Waals surface area contributed by atoms with Gasteiger partial charge in [-0.2, -0.15) is 0 Å². The Hall–Kier alpha value is -3.29. The van der Waals surface area contributed by atoms with E-state index in [4.69, 9.17) is 17.1 Å². The van der Waals surface area contributed by atoms with Crippen LogP contribution in [0.4, 0.5) is 14.6 Å². The lowest BCUT2D eigenvalue weighted by molar-refractivity contribution is 0.584. The summed E-state index contributed by atoms with van der Waals surface area (Å²) < 4.78 is 28.0. The van der Waals surface area contributed by atoms with Gasteiger partial charge in [0, 0.05) is 34.5 Å². The summed E-state index contributed by atoms with van der Waals surface area (Å²) in [6.45, 7) is 1.40. The number of aryl methyl sites for hydroxylation is 1. The van der Waals surface area contributed by atoms with Gasteiger partial charge >= 0.3 is 0 Å². The van der Waals surface area contributed by atoms with Crippen LogP contribution in [0.25, 0.3) is 33.0 Å². The lowest BCUT2D eigenvalue weighted by Crippen LogP contribution is -2.07. The summed E-state index contributed by atoms with van der Waals surface area (Å²) in [7, 11) is 0. The molecule has 0 fully saturated rings. The Balaban J connectivity index is 2.22. The number of anilines is 1. The van der Waals surface area contributed by atoms with E-state index in [9.17, 15) is 8.78 Å². The van der Waals surface area contributed by atoms with E-state index in [-0.39, 0.29) is 34.6 Å². The SMILES string of the molecule is Cc1cc(F)cc(F)c1-c1c(Cl)nc(-c2ccncc2)nc1NCN=[N+]=[N-]. The van der Waals surface area contributed by atoms with Gasteiger partial charge < -0.3 is 5.32 Å². The molecule has 136 valence electrons. The van der Waals surface area contributed by atoms with Crippen molar-refractivity contribution in [2.75, 3.05) is 12.0 Å². The second-order valence-corrected chi connectivity index (χ2v) is 5.80. The summed E-state index contributed by atoms with van der Waals surface area (Å²) in [5, 5.41) is 6.16. The van der Waals surface area contributed by atoms with Gasteiger partial charge in [-0.1, -0.05) is 16.7 Å². The van der Waals surface area contributed by atoms with Crippen LogP contribution in [0.2, 0.25) is 5.15 Å². The van der Waals surface area contributed by atoms with E-state index in [0.717, 1.165) is 6.07 Å². The van der Waals surface area contributed by atoms with Crippen LogP contribution < -0.4 is 5.32 Å². The summed E-state index contributed by atoms with van der Waals surface area (Å²) >= 11 is 6.34. The van der Waals surface area contributed by atoms with Gasteiger partial charge in [0.1, 0.15) is 22.6 Å². The second kappa shape index (κ2) is 7.94. The molecule has 0 unspecified atom stereocenters. The largest absolute Gasteiger partial charge is 0.364 e. The van der Waals surface area contributed by atoms with Gasteiger partial charge in [-0.15, -0.1) is 0 Å². The van der Waals surface area contributed by atoms with E-state index in [0.29, 0.717) is 11.1 Å². The van der Waals surface area contributed by atoms with Crippen molar-refractivity contribution in [3.8, 4) is 22.5 Å². The van der Waals surface area contributed by atoms with E-state index in [1.165, 1.54) is 6.07 Å². The van der Waals surface area contributed by atoms with E-state index in [2.05, 4.69) is 30.3 Å². The van der Waals surface area contributed by atoms with Crippen LogP contribution >= 0.6 is 11.6 Å². The number of aromatic nitrogens is 3. The Morgan fingerprint density at radius 3 is 2.59 bits per heavy atom. The second-order valence-electron chi connectivity index (χ2n) is 5.44. The fourth-order valence-corrected chi connectivity index (χ4v) is 2.84. The number of benzene rings is 1. The third kappa shape index (κ3) is 3.94. The standard InChI is InChI=1S/C17H12ClF2N7/c1-9-6-11(19)7-12(20)13(9)14-15(18)25-16(10-2-4-22-5-3-10)26-17(14)23-8-24-27-21/h2-7H,8H2,1H3,(H,23,25,26). The van der Waals surface area contributed by atoms with Crippen molar-refractivity contribution in [1.29, 1.82) is 0 Å². The first-order valence-electron chi connectivity index (χ1n) is 7.70. The summed E-state index contributed by atoms with van der Waals surface area (Å²) in [5.74, 6) is -1.08. The van der Waals surface area contributed by atoms with E-state index in [1.54, 1.807) is 31.5 Å². The highest BCUT2D eigenvalue weighted by Crippen LogP contribution is 2.38. The smallest absolute Gasteiger partial charge is 0.163 e. The molecule has 0 aliphatic carbocycles. The molecule has 2 heterocycles. The Kier molecular flexibility index (Phi) is 5.44. The van der Waals surface area contributed by atoms with Crippen molar-refractivity contribution in [2.45, 2.75) is 6.92 Å². The first kappa shape index (κ1) is 18.5. The molecule has 0 saturated heterocycles. The van der Waals surface area contributed by atoms with Crippen LogP contribution in [0.15, 0.2) is 41.8 Å². The van der Waals surface area contributed by atoms with Gasteiger partial charge in [-0.3, -0.25) is 4.98 Å². The first-order chi connectivity index (χ1) is 13.0. The average Bonchev–Trinajstić information content (AvgIpc) is 2.63. The molecule has 27 heavy (non-hydrogen) atoms. The quantitative estimate of drug-likeness (QED) is 0.284. The highest BCUT2D eigenvalue weighted by molar-refractivity contribution is 6.33. The molecule has 1 aromatic carbocycles. The fraction of sp³-hybridized carbons (Fsp3) is 0.118. The Bertz CT molecular complexity index is 1010. The number of hydrogen-bond donors (Lipinski definition) is 1. The van der Waals surface area contributed by atoms with Gasteiger partial charge in [-0.05, 0) is 36.2 Å². The zero-order valence-corrected chi connectivity index (χ0v) is 14.7. The van der Waals surface area contributed by atoms with Crippen molar-refractivity contribution in [3.05, 3.63) is 69.5 Å². The minimum absolute atomic E-state index is 0.0335.